The summed E-state index contributed by atoms with van der Waals surface area (Å²) in [6, 6.07) is 3.62. The first-order valence-electron chi connectivity index (χ1n) is 10.7. The van der Waals surface area contributed by atoms with Crippen LogP contribution in [0.5, 0.6) is 5.88 Å². The number of aryl methyl sites for hydroxylation is 1. The van der Waals surface area contributed by atoms with E-state index in [9.17, 15) is 9.90 Å². The van der Waals surface area contributed by atoms with Crippen molar-refractivity contribution in [2.75, 3.05) is 36.5 Å². The number of aliphatic hydroxyl groups is 1. The Bertz CT molecular complexity index is 1100. The topological polar surface area (TPSA) is 114 Å². The first kappa shape index (κ1) is 22.0. The Kier molecular flexibility index (Phi) is 6.24. The third kappa shape index (κ3) is 4.81. The molecule has 0 atom stereocenters. The highest BCUT2D eigenvalue weighted by atomic mass is 16.6. The molecule has 10 nitrogen and oxygen atoms in total. The molecule has 0 bridgehead atoms. The Morgan fingerprint density at radius 2 is 2.12 bits per heavy atom. The fourth-order valence-corrected chi connectivity index (χ4v) is 3.59. The molecule has 4 rings (SSSR count). The SMILES string of the molecule is CCCc1cc(NC(=O)c2cnn3cccnc23)c(N2CCOCC2)nc1OC(C)(C)O. The van der Waals surface area contributed by atoms with Gasteiger partial charge in [-0.2, -0.15) is 10.1 Å². The van der Waals surface area contributed by atoms with E-state index in [0.29, 0.717) is 61.3 Å². The van der Waals surface area contributed by atoms with Gasteiger partial charge in [-0.05, 0) is 18.6 Å². The van der Waals surface area contributed by atoms with Crippen LogP contribution in [0.2, 0.25) is 0 Å². The average molecular weight is 441 g/mol. The molecular formula is C22H28N6O4. The van der Waals surface area contributed by atoms with Crippen LogP contribution >= 0.6 is 0 Å². The van der Waals surface area contributed by atoms with Crippen LogP contribution < -0.4 is 15.0 Å². The number of aromatic nitrogens is 4. The molecule has 1 fully saturated rings. The van der Waals surface area contributed by atoms with Gasteiger partial charge in [0, 0.05) is 44.9 Å². The first-order valence-corrected chi connectivity index (χ1v) is 10.7. The summed E-state index contributed by atoms with van der Waals surface area (Å²) in [5, 5.41) is 17.4. The molecule has 0 aromatic carbocycles. The van der Waals surface area contributed by atoms with E-state index in [2.05, 4.69) is 15.4 Å². The Balaban J connectivity index is 1.74. The fourth-order valence-electron chi connectivity index (χ4n) is 3.59. The lowest BCUT2D eigenvalue weighted by Gasteiger charge is -2.31. The maximum absolute atomic E-state index is 13.2. The van der Waals surface area contributed by atoms with Gasteiger partial charge in [0.25, 0.3) is 5.91 Å². The molecular weight excluding hydrogens is 412 g/mol. The maximum atomic E-state index is 13.2. The lowest BCUT2D eigenvalue weighted by Crippen LogP contribution is -2.38. The van der Waals surface area contributed by atoms with Crippen molar-refractivity contribution in [1.29, 1.82) is 0 Å². The second-order valence-corrected chi connectivity index (χ2v) is 8.12. The predicted octanol–water partition coefficient (Wildman–Crippen LogP) is 2.27. The van der Waals surface area contributed by atoms with Crippen LogP contribution in [0.25, 0.3) is 5.65 Å². The molecule has 170 valence electrons. The smallest absolute Gasteiger partial charge is 0.261 e. The predicted molar refractivity (Wildman–Crippen MR) is 119 cm³/mol. The minimum absolute atomic E-state index is 0.325. The van der Waals surface area contributed by atoms with Gasteiger partial charge in [-0.15, -0.1) is 0 Å². The Labute approximate surface area is 186 Å². The van der Waals surface area contributed by atoms with Gasteiger partial charge in [-0.1, -0.05) is 13.3 Å². The van der Waals surface area contributed by atoms with Crippen LogP contribution in [0.4, 0.5) is 11.5 Å². The van der Waals surface area contributed by atoms with Crippen LogP contribution in [0.15, 0.2) is 30.7 Å². The number of rotatable bonds is 7. The number of amides is 1. The highest BCUT2D eigenvalue weighted by Gasteiger charge is 2.25. The van der Waals surface area contributed by atoms with Crippen molar-refractivity contribution in [2.45, 2.75) is 39.4 Å². The van der Waals surface area contributed by atoms with Crippen molar-refractivity contribution in [3.8, 4) is 5.88 Å². The molecule has 1 aliphatic rings. The van der Waals surface area contributed by atoms with Gasteiger partial charge in [-0.3, -0.25) is 4.79 Å². The van der Waals surface area contributed by atoms with Crippen LogP contribution in [0, 0.1) is 0 Å². The second kappa shape index (κ2) is 9.09. The molecule has 0 aliphatic carbocycles. The van der Waals surface area contributed by atoms with E-state index >= 15 is 0 Å². The summed E-state index contributed by atoms with van der Waals surface area (Å²) in [4.78, 5) is 24.2. The summed E-state index contributed by atoms with van der Waals surface area (Å²) in [7, 11) is 0. The fraction of sp³-hybridized carbons (Fsp3) is 0.455. The average Bonchev–Trinajstić information content (AvgIpc) is 3.19. The Morgan fingerprint density at radius 1 is 1.34 bits per heavy atom. The molecule has 3 aromatic rings. The third-order valence-electron chi connectivity index (χ3n) is 4.99. The Hall–Kier alpha value is -3.24. The summed E-state index contributed by atoms with van der Waals surface area (Å²) >= 11 is 0. The van der Waals surface area contributed by atoms with Crippen molar-refractivity contribution in [3.05, 3.63) is 41.9 Å². The largest absolute Gasteiger partial charge is 0.446 e. The van der Waals surface area contributed by atoms with Gasteiger partial charge in [-0.25, -0.2) is 9.50 Å². The summed E-state index contributed by atoms with van der Waals surface area (Å²) in [5.41, 5.74) is 2.22. The minimum atomic E-state index is -1.38. The number of hydrogen-bond donors (Lipinski definition) is 2. The first-order chi connectivity index (χ1) is 15.4. The normalized spacial score (nSPS) is 14.6. The monoisotopic (exact) mass is 440 g/mol. The van der Waals surface area contributed by atoms with E-state index in [-0.39, 0.29) is 5.91 Å². The number of carbonyl (C=O) groups excluding carboxylic acids is 1. The summed E-state index contributed by atoms with van der Waals surface area (Å²) in [6.07, 6.45) is 6.39. The number of morpholine rings is 1. The number of nitrogens with zero attached hydrogens (tertiary/aromatic N) is 5. The van der Waals surface area contributed by atoms with Crippen LogP contribution in [-0.2, 0) is 11.2 Å². The zero-order valence-electron chi connectivity index (χ0n) is 18.5. The van der Waals surface area contributed by atoms with Crippen molar-refractivity contribution >= 4 is 23.1 Å². The molecule has 1 saturated heterocycles. The molecule has 32 heavy (non-hydrogen) atoms. The quantitative estimate of drug-likeness (QED) is 0.538. The number of anilines is 2. The van der Waals surface area contributed by atoms with Crippen molar-refractivity contribution in [2.24, 2.45) is 0 Å². The summed E-state index contributed by atoms with van der Waals surface area (Å²) in [6.45, 7) is 7.55. The summed E-state index contributed by atoms with van der Waals surface area (Å²) in [5.74, 6) is -0.777. The van der Waals surface area contributed by atoms with E-state index in [1.54, 1.807) is 36.8 Å². The van der Waals surface area contributed by atoms with E-state index in [1.807, 2.05) is 17.9 Å². The highest BCUT2D eigenvalue weighted by Crippen LogP contribution is 2.33. The lowest BCUT2D eigenvalue weighted by atomic mass is 10.1. The van der Waals surface area contributed by atoms with Crippen LogP contribution in [0.3, 0.4) is 0 Å². The molecule has 0 unspecified atom stereocenters. The number of nitrogens with one attached hydrogen (secondary N) is 1. The third-order valence-corrected chi connectivity index (χ3v) is 4.99. The van der Waals surface area contributed by atoms with E-state index in [0.717, 1.165) is 12.0 Å². The number of ether oxygens (including phenoxy) is 2. The number of carbonyl (C=O) groups is 1. The Morgan fingerprint density at radius 3 is 2.84 bits per heavy atom. The van der Waals surface area contributed by atoms with Gasteiger partial charge in [0.1, 0.15) is 5.56 Å². The van der Waals surface area contributed by atoms with Gasteiger partial charge >= 0.3 is 0 Å². The van der Waals surface area contributed by atoms with Gasteiger partial charge in [0.15, 0.2) is 11.5 Å². The lowest BCUT2D eigenvalue weighted by molar-refractivity contribution is -0.107. The van der Waals surface area contributed by atoms with Crippen LogP contribution in [-0.4, -0.2) is 62.7 Å². The molecule has 4 heterocycles. The minimum Gasteiger partial charge on any atom is -0.446 e. The van der Waals surface area contributed by atoms with E-state index in [4.69, 9.17) is 14.5 Å². The molecule has 2 N–H and O–H groups in total. The number of pyridine rings is 1. The number of hydrogen-bond acceptors (Lipinski definition) is 8. The molecule has 3 aromatic heterocycles. The second-order valence-electron chi connectivity index (χ2n) is 8.12. The molecule has 0 saturated carbocycles. The van der Waals surface area contributed by atoms with Crippen molar-refractivity contribution in [1.82, 2.24) is 19.6 Å². The zero-order valence-corrected chi connectivity index (χ0v) is 18.5. The number of fused-ring (bicyclic) bond motifs is 1. The molecule has 10 heteroatoms. The van der Waals surface area contributed by atoms with E-state index < -0.39 is 5.79 Å². The summed E-state index contributed by atoms with van der Waals surface area (Å²) < 4.78 is 12.8. The van der Waals surface area contributed by atoms with Gasteiger partial charge < -0.3 is 24.8 Å². The highest BCUT2D eigenvalue weighted by molar-refractivity contribution is 6.09. The molecule has 1 aliphatic heterocycles. The zero-order chi connectivity index (χ0) is 22.7. The van der Waals surface area contributed by atoms with Gasteiger partial charge in [0.05, 0.1) is 25.1 Å². The maximum Gasteiger partial charge on any atom is 0.261 e. The van der Waals surface area contributed by atoms with Gasteiger partial charge in [0.2, 0.25) is 11.7 Å². The van der Waals surface area contributed by atoms with Crippen molar-refractivity contribution < 1.29 is 19.4 Å². The molecule has 0 spiro atoms. The van der Waals surface area contributed by atoms with Crippen molar-refractivity contribution in [3.63, 3.8) is 0 Å². The van der Waals surface area contributed by atoms with Crippen LogP contribution in [0.1, 0.15) is 43.1 Å². The van der Waals surface area contributed by atoms with E-state index in [1.165, 1.54) is 6.20 Å². The molecule has 1 amide bonds. The molecule has 0 radical (unpaired) electrons. The standard InChI is InChI=1S/C22H28N6O4/c1-4-6-15-13-17(25-20(29)16-14-24-28-8-5-7-23-18(16)28)19(27-9-11-31-12-10-27)26-21(15)32-22(2,3)30/h5,7-8,13-14,30H,4,6,9-12H2,1-3H3,(H,25,29).